The molecule has 6 nitrogen and oxygen atoms in total. The third-order valence-corrected chi connectivity index (χ3v) is 17.3. The second kappa shape index (κ2) is 70.6. The van der Waals surface area contributed by atoms with Gasteiger partial charge in [0.05, 0.1) is 0 Å². The van der Waals surface area contributed by atoms with Crippen molar-refractivity contribution < 1.29 is 28.6 Å². The second-order valence-electron chi connectivity index (χ2n) is 25.6. The van der Waals surface area contributed by atoms with Gasteiger partial charge in [-0.2, -0.15) is 0 Å². The van der Waals surface area contributed by atoms with Crippen LogP contribution < -0.4 is 0 Å². The summed E-state index contributed by atoms with van der Waals surface area (Å²) in [6, 6.07) is 0. The van der Waals surface area contributed by atoms with Crippen LogP contribution in [-0.2, 0) is 28.6 Å². The van der Waals surface area contributed by atoms with E-state index in [9.17, 15) is 14.4 Å². The van der Waals surface area contributed by atoms with Crippen LogP contribution in [0.5, 0.6) is 0 Å². The zero-order valence-corrected chi connectivity index (χ0v) is 55.4. The second-order valence-corrected chi connectivity index (χ2v) is 25.6. The molecule has 0 fully saturated rings. The highest BCUT2D eigenvalue weighted by atomic mass is 16.6. The summed E-state index contributed by atoms with van der Waals surface area (Å²) < 4.78 is 17.0. The molecule has 0 saturated carbocycles. The van der Waals surface area contributed by atoms with Crippen LogP contribution in [0.1, 0.15) is 432 Å². The average Bonchev–Trinajstić information content (AvgIpc) is 3.47. The van der Waals surface area contributed by atoms with E-state index in [0.717, 1.165) is 57.8 Å². The van der Waals surface area contributed by atoms with Crippen molar-refractivity contribution in [2.45, 2.75) is 438 Å². The Morgan fingerprint density at radius 1 is 0.235 bits per heavy atom. The van der Waals surface area contributed by atoms with Gasteiger partial charge in [0.2, 0.25) is 0 Å². The highest BCUT2D eigenvalue weighted by molar-refractivity contribution is 5.71. The molecule has 0 aliphatic rings. The fourth-order valence-corrected chi connectivity index (χ4v) is 11.7. The van der Waals surface area contributed by atoms with Crippen molar-refractivity contribution in [2.24, 2.45) is 0 Å². The Morgan fingerprint density at radius 3 is 0.617 bits per heavy atom. The van der Waals surface area contributed by atoms with E-state index in [1.807, 2.05) is 0 Å². The van der Waals surface area contributed by atoms with Crippen LogP contribution in [0, 0.1) is 0 Å². The Balaban J connectivity index is 4.22. The lowest BCUT2D eigenvalue weighted by atomic mass is 10.0. The van der Waals surface area contributed by atoms with Crippen LogP contribution in [0.3, 0.4) is 0 Å². The molecular weight excluding hydrogens is 997 g/mol. The van der Waals surface area contributed by atoms with Gasteiger partial charge in [-0.15, -0.1) is 0 Å². The number of unbranched alkanes of at least 4 members (excludes halogenated alkanes) is 57. The number of carbonyl (C=O) groups excluding carboxylic acids is 3. The first-order chi connectivity index (χ1) is 40.0. The Bertz CT molecular complexity index is 1260. The lowest BCUT2D eigenvalue weighted by Gasteiger charge is -2.18. The Labute approximate surface area is 507 Å². The van der Waals surface area contributed by atoms with Crippen molar-refractivity contribution in [3.05, 3.63) is 12.2 Å². The topological polar surface area (TPSA) is 78.9 Å². The van der Waals surface area contributed by atoms with Gasteiger partial charge in [0, 0.05) is 19.3 Å². The summed E-state index contributed by atoms with van der Waals surface area (Å²) in [4.78, 5) is 38.5. The van der Waals surface area contributed by atoms with Crippen molar-refractivity contribution in [2.75, 3.05) is 13.2 Å². The molecule has 1 unspecified atom stereocenters. The van der Waals surface area contributed by atoms with E-state index in [2.05, 4.69) is 32.9 Å². The molecule has 0 amide bonds. The molecule has 480 valence electrons. The molecular formula is C75H144O6. The van der Waals surface area contributed by atoms with Crippen molar-refractivity contribution >= 4 is 17.9 Å². The fourth-order valence-electron chi connectivity index (χ4n) is 11.7. The molecule has 0 spiro atoms. The molecule has 6 heteroatoms. The van der Waals surface area contributed by atoms with E-state index in [0.29, 0.717) is 19.3 Å². The summed E-state index contributed by atoms with van der Waals surface area (Å²) in [5, 5.41) is 0. The van der Waals surface area contributed by atoms with E-state index in [1.54, 1.807) is 0 Å². The fraction of sp³-hybridized carbons (Fsp3) is 0.933. The number of hydrogen-bond acceptors (Lipinski definition) is 6. The van der Waals surface area contributed by atoms with Crippen LogP contribution in [0.4, 0.5) is 0 Å². The molecule has 0 aromatic heterocycles. The molecule has 0 aliphatic heterocycles. The van der Waals surface area contributed by atoms with E-state index < -0.39 is 6.10 Å². The van der Waals surface area contributed by atoms with Gasteiger partial charge in [0.15, 0.2) is 6.10 Å². The van der Waals surface area contributed by atoms with Crippen molar-refractivity contribution in [3.8, 4) is 0 Å². The van der Waals surface area contributed by atoms with Gasteiger partial charge in [-0.05, 0) is 44.9 Å². The third-order valence-electron chi connectivity index (χ3n) is 17.3. The average molecular weight is 1140 g/mol. The summed E-state index contributed by atoms with van der Waals surface area (Å²) in [5.41, 5.74) is 0. The number of allylic oxidation sites excluding steroid dienone is 2. The molecule has 0 aromatic carbocycles. The molecule has 0 saturated heterocycles. The lowest BCUT2D eigenvalue weighted by molar-refractivity contribution is -0.167. The minimum atomic E-state index is -0.768. The van der Waals surface area contributed by atoms with E-state index in [-0.39, 0.29) is 31.1 Å². The molecule has 0 aromatic rings. The smallest absolute Gasteiger partial charge is 0.306 e. The molecule has 0 rings (SSSR count). The summed E-state index contributed by atoms with van der Waals surface area (Å²) in [7, 11) is 0. The van der Waals surface area contributed by atoms with Crippen LogP contribution in [0.25, 0.3) is 0 Å². The van der Waals surface area contributed by atoms with Gasteiger partial charge in [-0.1, -0.05) is 380 Å². The molecule has 1 atom stereocenters. The largest absolute Gasteiger partial charge is 0.462 e. The van der Waals surface area contributed by atoms with Gasteiger partial charge in [-0.25, -0.2) is 0 Å². The maximum atomic E-state index is 13.0. The van der Waals surface area contributed by atoms with Gasteiger partial charge in [-0.3, -0.25) is 14.4 Å². The maximum Gasteiger partial charge on any atom is 0.306 e. The van der Waals surface area contributed by atoms with Gasteiger partial charge < -0.3 is 14.2 Å². The van der Waals surface area contributed by atoms with E-state index in [1.165, 1.54) is 334 Å². The standard InChI is InChI=1S/C75H144O6/c1-4-7-10-13-16-19-22-25-28-31-33-34-35-36-37-38-39-40-42-44-47-50-53-56-59-62-65-68-74(77)80-71-72(70-79-73(76)67-64-61-58-55-52-49-46-43-30-27-24-21-18-15-12-9-6-3)81-75(78)69-66-63-60-57-54-51-48-45-41-32-29-26-23-20-17-14-11-8-5-2/h26,29,72H,4-25,27-28,30-71H2,1-3H3/b29-26-. The number of rotatable bonds is 70. The normalized spacial score (nSPS) is 12.0. The highest BCUT2D eigenvalue weighted by Crippen LogP contribution is 2.19. The lowest BCUT2D eigenvalue weighted by Crippen LogP contribution is -2.30. The first kappa shape index (κ1) is 79.2. The molecule has 0 N–H and O–H groups in total. The zero-order chi connectivity index (χ0) is 58.5. The van der Waals surface area contributed by atoms with Crippen molar-refractivity contribution in [1.82, 2.24) is 0 Å². The number of esters is 3. The van der Waals surface area contributed by atoms with Crippen LogP contribution in [0.2, 0.25) is 0 Å². The van der Waals surface area contributed by atoms with Gasteiger partial charge in [0.25, 0.3) is 0 Å². The third kappa shape index (κ3) is 68.8. The summed E-state index contributed by atoms with van der Waals surface area (Å²) in [6.45, 7) is 6.74. The summed E-state index contributed by atoms with van der Waals surface area (Å²) >= 11 is 0. The molecule has 0 radical (unpaired) electrons. The summed E-state index contributed by atoms with van der Waals surface area (Å²) in [6.07, 6.45) is 85.4. The summed E-state index contributed by atoms with van der Waals surface area (Å²) in [5.74, 6) is -0.826. The van der Waals surface area contributed by atoms with Crippen molar-refractivity contribution in [3.63, 3.8) is 0 Å². The van der Waals surface area contributed by atoms with Crippen molar-refractivity contribution in [1.29, 1.82) is 0 Å². The maximum absolute atomic E-state index is 13.0. The molecule has 81 heavy (non-hydrogen) atoms. The van der Waals surface area contributed by atoms with Gasteiger partial charge in [0.1, 0.15) is 13.2 Å². The number of ether oxygens (including phenoxy) is 3. The Hall–Kier alpha value is -1.85. The van der Waals surface area contributed by atoms with Crippen LogP contribution in [-0.4, -0.2) is 37.2 Å². The first-order valence-corrected chi connectivity index (χ1v) is 37.2. The molecule has 0 heterocycles. The minimum Gasteiger partial charge on any atom is -0.462 e. The number of carbonyl (C=O) groups is 3. The predicted octanol–water partition coefficient (Wildman–Crippen LogP) is 25.6. The Morgan fingerprint density at radius 2 is 0.407 bits per heavy atom. The zero-order valence-electron chi connectivity index (χ0n) is 55.4. The molecule has 0 aliphatic carbocycles. The monoisotopic (exact) mass is 1140 g/mol. The first-order valence-electron chi connectivity index (χ1n) is 37.2. The van der Waals surface area contributed by atoms with Crippen LogP contribution in [0.15, 0.2) is 12.2 Å². The Kier molecular flexibility index (Phi) is 69.0. The van der Waals surface area contributed by atoms with E-state index >= 15 is 0 Å². The SMILES string of the molecule is CCCCCCCC/C=C\CCCCCCCCCCCC(=O)OC(COC(=O)CCCCCCCCCCCCCCCCCCC)COC(=O)CCCCCCCCCCCCCCCCCCCCCCCCCCCCC. The quantitative estimate of drug-likeness (QED) is 0.0261. The molecule has 0 bridgehead atoms. The predicted molar refractivity (Wildman–Crippen MR) is 353 cm³/mol. The minimum absolute atomic E-state index is 0.0635. The van der Waals surface area contributed by atoms with E-state index in [4.69, 9.17) is 14.2 Å². The highest BCUT2D eigenvalue weighted by Gasteiger charge is 2.20. The van der Waals surface area contributed by atoms with Gasteiger partial charge >= 0.3 is 17.9 Å². The number of hydrogen-bond donors (Lipinski definition) is 0. The van der Waals surface area contributed by atoms with Crippen LogP contribution >= 0.6 is 0 Å².